The molecule has 0 spiro atoms. The summed E-state index contributed by atoms with van der Waals surface area (Å²) in [5, 5.41) is 0. The van der Waals surface area contributed by atoms with Gasteiger partial charge in [0.15, 0.2) is 0 Å². The van der Waals surface area contributed by atoms with E-state index in [4.69, 9.17) is 5.73 Å². The molecule has 0 aliphatic carbocycles. The van der Waals surface area contributed by atoms with E-state index < -0.39 is 12.1 Å². The number of amides is 1. The summed E-state index contributed by atoms with van der Waals surface area (Å²) >= 11 is 0. The van der Waals surface area contributed by atoms with Crippen molar-refractivity contribution < 1.29 is 14.3 Å². The number of piperidine rings is 1. The van der Waals surface area contributed by atoms with Gasteiger partial charge in [-0.1, -0.05) is 0 Å². The first-order chi connectivity index (χ1) is 7.07. The second-order valence-corrected chi connectivity index (χ2v) is 3.86. The molecule has 1 amide bonds. The van der Waals surface area contributed by atoms with Crippen molar-refractivity contribution in [1.82, 2.24) is 4.90 Å². The Balaban J connectivity index is 2.73. The molecule has 0 aromatic carbocycles. The molecule has 0 saturated carbocycles. The molecule has 2 N–H and O–H groups in total. The summed E-state index contributed by atoms with van der Waals surface area (Å²) in [5.41, 5.74) is 5.53. The SMILES string of the molecule is COC(=O)C1CCCCN1C(=O)[C@H](C)N. The number of carbonyl (C=O) groups is 2. The van der Waals surface area contributed by atoms with E-state index in [1.807, 2.05) is 0 Å². The van der Waals surface area contributed by atoms with Crippen molar-refractivity contribution >= 4 is 11.9 Å². The zero-order valence-corrected chi connectivity index (χ0v) is 9.23. The summed E-state index contributed by atoms with van der Waals surface area (Å²) in [4.78, 5) is 24.7. The van der Waals surface area contributed by atoms with E-state index in [1.165, 1.54) is 7.11 Å². The average molecular weight is 214 g/mol. The highest BCUT2D eigenvalue weighted by atomic mass is 16.5. The molecule has 1 saturated heterocycles. The van der Waals surface area contributed by atoms with Crippen molar-refractivity contribution in [3.05, 3.63) is 0 Å². The summed E-state index contributed by atoms with van der Waals surface area (Å²) in [6.07, 6.45) is 2.54. The van der Waals surface area contributed by atoms with Gasteiger partial charge in [0.2, 0.25) is 5.91 Å². The quantitative estimate of drug-likeness (QED) is 0.651. The molecule has 0 radical (unpaired) electrons. The number of esters is 1. The number of likely N-dealkylation sites (tertiary alicyclic amines) is 1. The van der Waals surface area contributed by atoms with E-state index >= 15 is 0 Å². The number of carbonyl (C=O) groups excluding carboxylic acids is 2. The lowest BCUT2D eigenvalue weighted by molar-refractivity contribution is -0.155. The van der Waals surface area contributed by atoms with Crippen LogP contribution in [0.2, 0.25) is 0 Å². The molecule has 1 rings (SSSR count). The van der Waals surface area contributed by atoms with Crippen LogP contribution >= 0.6 is 0 Å². The van der Waals surface area contributed by atoms with Crippen molar-refractivity contribution in [2.45, 2.75) is 38.3 Å². The van der Waals surface area contributed by atoms with Crippen LogP contribution in [-0.2, 0) is 14.3 Å². The summed E-state index contributed by atoms with van der Waals surface area (Å²) < 4.78 is 4.68. The molecular weight excluding hydrogens is 196 g/mol. The zero-order chi connectivity index (χ0) is 11.4. The first-order valence-electron chi connectivity index (χ1n) is 5.21. The van der Waals surface area contributed by atoms with Crippen LogP contribution < -0.4 is 5.73 Å². The smallest absolute Gasteiger partial charge is 0.328 e. The van der Waals surface area contributed by atoms with Crippen LogP contribution in [0.1, 0.15) is 26.2 Å². The van der Waals surface area contributed by atoms with E-state index in [0.29, 0.717) is 13.0 Å². The molecule has 5 nitrogen and oxygen atoms in total. The standard InChI is InChI=1S/C10H18N2O3/c1-7(11)9(13)12-6-4-3-5-8(12)10(14)15-2/h7-8H,3-6,11H2,1-2H3/t7-,8?/m0/s1. The topological polar surface area (TPSA) is 72.6 Å². The normalized spacial score (nSPS) is 23.4. The van der Waals surface area contributed by atoms with Crippen molar-refractivity contribution in [2.24, 2.45) is 5.73 Å². The number of hydrogen-bond acceptors (Lipinski definition) is 4. The minimum absolute atomic E-state index is 0.176. The van der Waals surface area contributed by atoms with E-state index in [0.717, 1.165) is 12.8 Å². The van der Waals surface area contributed by atoms with Crippen molar-refractivity contribution in [1.29, 1.82) is 0 Å². The Hall–Kier alpha value is -1.10. The van der Waals surface area contributed by atoms with Gasteiger partial charge in [0.1, 0.15) is 6.04 Å². The van der Waals surface area contributed by atoms with E-state index in [-0.39, 0.29) is 11.9 Å². The monoisotopic (exact) mass is 214 g/mol. The number of rotatable bonds is 2. The largest absolute Gasteiger partial charge is 0.467 e. The van der Waals surface area contributed by atoms with Crippen molar-refractivity contribution in [3.63, 3.8) is 0 Å². The van der Waals surface area contributed by atoms with Gasteiger partial charge in [-0.2, -0.15) is 0 Å². The maximum absolute atomic E-state index is 11.7. The molecule has 1 unspecified atom stereocenters. The highest BCUT2D eigenvalue weighted by Gasteiger charge is 2.33. The van der Waals surface area contributed by atoms with Gasteiger partial charge < -0.3 is 15.4 Å². The van der Waals surface area contributed by atoms with Gasteiger partial charge in [0.25, 0.3) is 0 Å². The summed E-state index contributed by atoms with van der Waals surface area (Å²) in [5.74, 6) is -0.520. The molecule has 1 heterocycles. The fourth-order valence-electron chi connectivity index (χ4n) is 1.84. The van der Waals surface area contributed by atoms with E-state index in [2.05, 4.69) is 4.74 Å². The lowest BCUT2D eigenvalue weighted by Gasteiger charge is -2.34. The van der Waals surface area contributed by atoms with Crippen LogP contribution in [0.25, 0.3) is 0 Å². The van der Waals surface area contributed by atoms with E-state index in [1.54, 1.807) is 11.8 Å². The molecule has 0 aromatic rings. The maximum atomic E-state index is 11.7. The van der Waals surface area contributed by atoms with Crippen LogP contribution in [0.15, 0.2) is 0 Å². The van der Waals surface area contributed by atoms with Gasteiger partial charge in [-0.15, -0.1) is 0 Å². The Bertz CT molecular complexity index is 253. The third-order valence-electron chi connectivity index (χ3n) is 2.65. The molecule has 0 aromatic heterocycles. The van der Waals surface area contributed by atoms with Gasteiger partial charge >= 0.3 is 5.97 Å². The van der Waals surface area contributed by atoms with Crippen LogP contribution in [0.4, 0.5) is 0 Å². The molecule has 2 atom stereocenters. The minimum Gasteiger partial charge on any atom is -0.467 e. The number of nitrogens with zero attached hydrogens (tertiary/aromatic N) is 1. The fourth-order valence-corrected chi connectivity index (χ4v) is 1.84. The van der Waals surface area contributed by atoms with Gasteiger partial charge in [-0.3, -0.25) is 4.79 Å². The number of methoxy groups -OCH3 is 1. The molecule has 1 fully saturated rings. The highest BCUT2D eigenvalue weighted by Crippen LogP contribution is 2.18. The molecule has 15 heavy (non-hydrogen) atoms. The zero-order valence-electron chi connectivity index (χ0n) is 9.23. The summed E-state index contributed by atoms with van der Waals surface area (Å²) in [6, 6.07) is -1.00. The van der Waals surface area contributed by atoms with Crippen LogP contribution in [0.3, 0.4) is 0 Å². The third kappa shape index (κ3) is 2.68. The van der Waals surface area contributed by atoms with Gasteiger partial charge in [-0.25, -0.2) is 4.79 Å². The average Bonchev–Trinajstić information content (AvgIpc) is 2.27. The van der Waals surface area contributed by atoms with Crippen molar-refractivity contribution in [2.75, 3.05) is 13.7 Å². The van der Waals surface area contributed by atoms with Crippen LogP contribution in [0.5, 0.6) is 0 Å². The predicted molar refractivity (Wildman–Crippen MR) is 55.0 cm³/mol. The van der Waals surface area contributed by atoms with Crippen molar-refractivity contribution in [3.8, 4) is 0 Å². The third-order valence-corrected chi connectivity index (χ3v) is 2.65. The lowest BCUT2D eigenvalue weighted by Crippen LogP contribution is -2.53. The van der Waals surface area contributed by atoms with Crippen LogP contribution in [-0.4, -0.2) is 42.5 Å². The second kappa shape index (κ2) is 5.11. The molecule has 1 aliphatic heterocycles. The molecule has 1 aliphatic rings. The maximum Gasteiger partial charge on any atom is 0.328 e. The Morgan fingerprint density at radius 3 is 2.67 bits per heavy atom. The van der Waals surface area contributed by atoms with Crippen LogP contribution in [0, 0.1) is 0 Å². The number of nitrogens with two attached hydrogens (primary N) is 1. The first kappa shape index (κ1) is 12.0. The highest BCUT2D eigenvalue weighted by molar-refractivity contribution is 5.87. The fraction of sp³-hybridized carbons (Fsp3) is 0.800. The molecule has 5 heteroatoms. The Morgan fingerprint density at radius 2 is 2.13 bits per heavy atom. The molecular formula is C10H18N2O3. The Morgan fingerprint density at radius 1 is 1.47 bits per heavy atom. The van der Waals surface area contributed by atoms with Gasteiger partial charge in [0.05, 0.1) is 13.2 Å². The Labute approximate surface area is 89.6 Å². The number of hydrogen-bond donors (Lipinski definition) is 1. The first-order valence-corrected chi connectivity index (χ1v) is 5.21. The molecule has 86 valence electrons. The minimum atomic E-state index is -0.560. The number of ether oxygens (including phenoxy) is 1. The summed E-state index contributed by atoms with van der Waals surface area (Å²) in [6.45, 7) is 2.23. The lowest BCUT2D eigenvalue weighted by atomic mass is 10.0. The van der Waals surface area contributed by atoms with Gasteiger partial charge in [-0.05, 0) is 26.2 Å². The second-order valence-electron chi connectivity index (χ2n) is 3.86. The predicted octanol–water partition coefficient (Wildman–Crippen LogP) is -0.112. The summed E-state index contributed by atoms with van der Waals surface area (Å²) in [7, 11) is 1.34. The van der Waals surface area contributed by atoms with E-state index in [9.17, 15) is 9.59 Å². The Kier molecular flexibility index (Phi) is 4.08. The molecule has 0 bridgehead atoms. The van der Waals surface area contributed by atoms with Gasteiger partial charge in [0, 0.05) is 6.54 Å².